The largest absolute Gasteiger partial charge is 0.394 e. The zero-order valence-corrected chi connectivity index (χ0v) is 9.69. The Morgan fingerprint density at radius 1 is 1.44 bits per heavy atom. The molecule has 0 aliphatic rings. The highest BCUT2D eigenvalue weighted by Gasteiger charge is 2.05. The summed E-state index contributed by atoms with van der Waals surface area (Å²) < 4.78 is 7.29. The Balaban J connectivity index is 1.97. The normalized spacial score (nSPS) is 10.8. The van der Waals surface area contributed by atoms with Gasteiger partial charge in [0.2, 0.25) is 0 Å². The van der Waals surface area contributed by atoms with E-state index in [4.69, 9.17) is 9.84 Å². The van der Waals surface area contributed by atoms with E-state index in [2.05, 4.69) is 15.6 Å². The fourth-order valence-corrected chi connectivity index (χ4v) is 2.19. The molecular formula is C11H14N2O2S. The average molecular weight is 238 g/mol. The SMILES string of the molecule is OCCOCCn1ccnc1-c1cccs1. The lowest BCUT2D eigenvalue weighted by atomic mass is 10.4. The van der Waals surface area contributed by atoms with E-state index < -0.39 is 0 Å². The summed E-state index contributed by atoms with van der Waals surface area (Å²) in [5.41, 5.74) is 0. The van der Waals surface area contributed by atoms with Gasteiger partial charge in [-0.1, -0.05) is 6.07 Å². The fraction of sp³-hybridized carbons (Fsp3) is 0.364. The highest BCUT2D eigenvalue weighted by Crippen LogP contribution is 2.22. The van der Waals surface area contributed by atoms with Crippen LogP contribution in [0.1, 0.15) is 0 Å². The maximum atomic E-state index is 8.59. The quantitative estimate of drug-likeness (QED) is 0.778. The van der Waals surface area contributed by atoms with Gasteiger partial charge in [-0.25, -0.2) is 4.98 Å². The van der Waals surface area contributed by atoms with Gasteiger partial charge in [0.05, 0.1) is 24.7 Å². The Morgan fingerprint density at radius 2 is 2.38 bits per heavy atom. The molecule has 0 saturated carbocycles. The molecule has 0 bridgehead atoms. The van der Waals surface area contributed by atoms with Gasteiger partial charge in [-0.2, -0.15) is 0 Å². The number of nitrogens with zero attached hydrogens (tertiary/aromatic N) is 2. The first-order valence-corrected chi connectivity index (χ1v) is 6.03. The maximum absolute atomic E-state index is 8.59. The van der Waals surface area contributed by atoms with E-state index >= 15 is 0 Å². The van der Waals surface area contributed by atoms with Crippen molar-refractivity contribution in [3.63, 3.8) is 0 Å². The molecule has 2 aromatic heterocycles. The molecule has 0 amide bonds. The number of aromatic nitrogens is 2. The van der Waals surface area contributed by atoms with Crippen molar-refractivity contribution in [2.24, 2.45) is 0 Å². The van der Waals surface area contributed by atoms with Crippen LogP contribution in [0.2, 0.25) is 0 Å². The fourth-order valence-electron chi connectivity index (χ4n) is 1.45. The second-order valence-corrected chi connectivity index (χ2v) is 4.21. The van der Waals surface area contributed by atoms with Crippen LogP contribution in [0, 0.1) is 0 Å². The summed E-state index contributed by atoms with van der Waals surface area (Å²) >= 11 is 1.67. The summed E-state index contributed by atoms with van der Waals surface area (Å²) in [5.74, 6) is 0.975. The van der Waals surface area contributed by atoms with Gasteiger partial charge in [0, 0.05) is 18.9 Å². The summed E-state index contributed by atoms with van der Waals surface area (Å²) in [5, 5.41) is 10.6. The van der Waals surface area contributed by atoms with Crippen LogP contribution in [0.15, 0.2) is 29.9 Å². The topological polar surface area (TPSA) is 47.3 Å². The first-order valence-electron chi connectivity index (χ1n) is 5.15. The van der Waals surface area contributed by atoms with Crippen molar-refractivity contribution >= 4 is 11.3 Å². The molecule has 0 fully saturated rings. The maximum Gasteiger partial charge on any atom is 0.150 e. The number of imidazole rings is 1. The molecule has 2 heterocycles. The third-order valence-corrected chi connectivity index (χ3v) is 3.04. The highest BCUT2D eigenvalue weighted by molar-refractivity contribution is 7.13. The molecule has 5 heteroatoms. The van der Waals surface area contributed by atoms with Crippen LogP contribution in [-0.2, 0) is 11.3 Å². The molecule has 0 aliphatic carbocycles. The lowest BCUT2D eigenvalue weighted by Gasteiger charge is -2.06. The highest BCUT2D eigenvalue weighted by atomic mass is 32.1. The number of aliphatic hydroxyl groups is 1. The second-order valence-electron chi connectivity index (χ2n) is 3.26. The van der Waals surface area contributed by atoms with Crippen LogP contribution in [0.3, 0.4) is 0 Å². The van der Waals surface area contributed by atoms with Crippen molar-refractivity contribution in [1.29, 1.82) is 0 Å². The molecule has 1 N–H and O–H groups in total. The van der Waals surface area contributed by atoms with Crippen LogP contribution in [0.4, 0.5) is 0 Å². The van der Waals surface area contributed by atoms with E-state index in [-0.39, 0.29) is 6.61 Å². The first-order chi connectivity index (χ1) is 7.92. The van der Waals surface area contributed by atoms with Crippen LogP contribution in [-0.4, -0.2) is 34.5 Å². The summed E-state index contributed by atoms with van der Waals surface area (Å²) in [7, 11) is 0. The van der Waals surface area contributed by atoms with Crippen molar-refractivity contribution in [2.75, 3.05) is 19.8 Å². The zero-order valence-electron chi connectivity index (χ0n) is 8.87. The second kappa shape index (κ2) is 5.79. The summed E-state index contributed by atoms with van der Waals surface area (Å²) in [6.45, 7) is 1.81. The van der Waals surface area contributed by atoms with Crippen molar-refractivity contribution < 1.29 is 9.84 Å². The molecule has 2 aromatic rings. The van der Waals surface area contributed by atoms with Gasteiger partial charge in [-0.15, -0.1) is 11.3 Å². The van der Waals surface area contributed by atoms with E-state index in [1.807, 2.05) is 17.6 Å². The lowest BCUT2D eigenvalue weighted by molar-refractivity contribution is 0.0872. The number of rotatable bonds is 6. The summed E-state index contributed by atoms with van der Waals surface area (Å²) in [6, 6.07) is 4.07. The van der Waals surface area contributed by atoms with Gasteiger partial charge in [0.25, 0.3) is 0 Å². The van der Waals surface area contributed by atoms with Crippen molar-refractivity contribution in [2.45, 2.75) is 6.54 Å². The Kier molecular flexibility index (Phi) is 4.10. The number of hydrogen-bond acceptors (Lipinski definition) is 4. The number of aliphatic hydroxyl groups excluding tert-OH is 1. The Hall–Kier alpha value is -1.17. The molecule has 4 nitrogen and oxygen atoms in total. The third kappa shape index (κ3) is 2.69. The average Bonchev–Trinajstić information content (AvgIpc) is 2.94. The van der Waals surface area contributed by atoms with E-state index in [0.717, 1.165) is 17.2 Å². The van der Waals surface area contributed by atoms with Gasteiger partial charge in [-0.3, -0.25) is 0 Å². The predicted molar refractivity (Wildman–Crippen MR) is 63.4 cm³/mol. The van der Waals surface area contributed by atoms with E-state index in [9.17, 15) is 0 Å². The van der Waals surface area contributed by atoms with Crippen LogP contribution in [0.25, 0.3) is 10.7 Å². The first kappa shape index (κ1) is 11.3. The standard InChI is InChI=1S/C11H14N2O2S/c14-6-8-15-7-5-13-4-3-12-11(13)10-2-1-9-16-10/h1-4,9,14H,5-8H2. The molecule has 0 spiro atoms. The molecule has 2 rings (SSSR count). The molecule has 0 aliphatic heterocycles. The van der Waals surface area contributed by atoms with E-state index in [1.165, 1.54) is 0 Å². The Bertz CT molecular complexity index is 411. The Morgan fingerprint density at radius 3 is 3.12 bits per heavy atom. The number of ether oxygens (including phenoxy) is 1. The minimum atomic E-state index is 0.0711. The molecule has 0 aromatic carbocycles. The molecule has 0 saturated heterocycles. The van der Waals surface area contributed by atoms with Crippen LogP contribution < -0.4 is 0 Å². The molecule has 86 valence electrons. The van der Waals surface area contributed by atoms with Gasteiger partial charge in [-0.05, 0) is 11.4 Å². The van der Waals surface area contributed by atoms with Crippen molar-refractivity contribution in [3.8, 4) is 10.7 Å². The van der Waals surface area contributed by atoms with Crippen molar-refractivity contribution in [3.05, 3.63) is 29.9 Å². The minimum absolute atomic E-state index is 0.0711. The monoisotopic (exact) mass is 238 g/mol. The minimum Gasteiger partial charge on any atom is -0.394 e. The number of thiophene rings is 1. The lowest BCUT2D eigenvalue weighted by Crippen LogP contribution is -2.08. The molecular weight excluding hydrogens is 224 g/mol. The van der Waals surface area contributed by atoms with Gasteiger partial charge >= 0.3 is 0 Å². The molecule has 0 unspecified atom stereocenters. The zero-order chi connectivity index (χ0) is 11.2. The van der Waals surface area contributed by atoms with Crippen LogP contribution in [0.5, 0.6) is 0 Å². The molecule has 0 radical (unpaired) electrons. The third-order valence-electron chi connectivity index (χ3n) is 2.17. The summed E-state index contributed by atoms with van der Waals surface area (Å²) in [4.78, 5) is 5.49. The number of hydrogen-bond donors (Lipinski definition) is 1. The van der Waals surface area contributed by atoms with Gasteiger partial charge in [0.15, 0.2) is 0 Å². The smallest absolute Gasteiger partial charge is 0.150 e. The van der Waals surface area contributed by atoms with E-state index in [1.54, 1.807) is 17.5 Å². The summed E-state index contributed by atoms with van der Waals surface area (Å²) in [6.07, 6.45) is 3.73. The van der Waals surface area contributed by atoms with Gasteiger partial charge in [0.1, 0.15) is 5.82 Å². The van der Waals surface area contributed by atoms with E-state index in [0.29, 0.717) is 13.2 Å². The Labute approximate surface area is 98.1 Å². The van der Waals surface area contributed by atoms with Crippen LogP contribution >= 0.6 is 11.3 Å². The predicted octanol–water partition coefficient (Wildman–Crippen LogP) is 1.62. The van der Waals surface area contributed by atoms with Crippen molar-refractivity contribution in [1.82, 2.24) is 9.55 Å². The molecule has 0 atom stereocenters. The van der Waals surface area contributed by atoms with Gasteiger partial charge < -0.3 is 14.4 Å². The molecule has 16 heavy (non-hydrogen) atoms.